The normalized spacial score (nSPS) is 17.8. The van der Waals surface area contributed by atoms with Crippen LogP contribution in [0.3, 0.4) is 0 Å². The molecule has 1 amide bonds. The summed E-state index contributed by atoms with van der Waals surface area (Å²) in [7, 11) is 0. The second-order valence-electron chi connectivity index (χ2n) is 11.3. The maximum absolute atomic E-state index is 13.8. The number of imidazole rings is 1. The predicted molar refractivity (Wildman–Crippen MR) is 141 cm³/mol. The molecule has 3 N–H and O–H groups in total. The van der Waals surface area contributed by atoms with Crippen LogP contribution in [0.4, 0.5) is 10.2 Å². The molecular formula is C27H41ClFN5O. The van der Waals surface area contributed by atoms with Gasteiger partial charge in [-0.05, 0) is 60.3 Å². The minimum absolute atomic E-state index is 0.0798. The van der Waals surface area contributed by atoms with Crippen LogP contribution in [0, 0.1) is 17.2 Å². The Bertz CT molecular complexity index is 1000. The zero-order valence-electron chi connectivity index (χ0n) is 21.9. The summed E-state index contributed by atoms with van der Waals surface area (Å²) < 4.78 is 15.8. The highest BCUT2D eigenvalue weighted by atomic mass is 35.5. The van der Waals surface area contributed by atoms with Gasteiger partial charge < -0.3 is 15.2 Å². The van der Waals surface area contributed by atoms with Crippen LogP contribution < -0.4 is 16.0 Å². The summed E-state index contributed by atoms with van der Waals surface area (Å²) in [5, 5.41) is 10.3. The van der Waals surface area contributed by atoms with Gasteiger partial charge in [-0.15, -0.1) is 0 Å². The van der Waals surface area contributed by atoms with Gasteiger partial charge in [0.2, 0.25) is 5.91 Å². The maximum atomic E-state index is 13.8. The number of rotatable bonds is 10. The Hall–Kier alpha value is -1.96. The number of carbonyl (C=O) groups is 1. The number of fused-ring (bicyclic) bond motifs is 1. The van der Waals surface area contributed by atoms with Crippen LogP contribution in [0.5, 0.6) is 0 Å². The fourth-order valence-corrected chi connectivity index (χ4v) is 4.80. The van der Waals surface area contributed by atoms with Crippen LogP contribution in [-0.2, 0) is 17.6 Å². The van der Waals surface area contributed by atoms with E-state index in [1.54, 1.807) is 18.5 Å². The number of amides is 1. The van der Waals surface area contributed by atoms with Gasteiger partial charge in [-0.1, -0.05) is 59.6 Å². The Balaban J connectivity index is 1.64. The second-order valence-corrected chi connectivity index (χ2v) is 11.7. The van der Waals surface area contributed by atoms with E-state index in [1.807, 2.05) is 10.8 Å². The first kappa shape index (κ1) is 27.6. The molecule has 3 rings (SSSR count). The lowest BCUT2D eigenvalue weighted by Gasteiger charge is -2.29. The number of aryl methyl sites for hydroxylation is 1. The fourth-order valence-electron chi connectivity index (χ4n) is 4.62. The Morgan fingerprint density at radius 3 is 2.69 bits per heavy atom. The molecule has 1 unspecified atom stereocenters. The molecule has 1 aromatic carbocycles. The van der Waals surface area contributed by atoms with Gasteiger partial charge in [0.1, 0.15) is 5.82 Å². The van der Waals surface area contributed by atoms with Crippen molar-refractivity contribution < 1.29 is 9.18 Å². The molecule has 0 fully saturated rings. The number of nitrogens with one attached hydrogen (secondary N) is 3. The third-order valence-corrected chi connectivity index (χ3v) is 6.74. The first-order chi connectivity index (χ1) is 16.5. The Labute approximate surface area is 214 Å². The van der Waals surface area contributed by atoms with Crippen molar-refractivity contribution in [2.24, 2.45) is 11.3 Å². The minimum atomic E-state index is -0.368. The van der Waals surface area contributed by atoms with Crippen molar-refractivity contribution in [3.05, 3.63) is 46.6 Å². The van der Waals surface area contributed by atoms with Gasteiger partial charge in [0.25, 0.3) is 0 Å². The van der Waals surface area contributed by atoms with Crippen molar-refractivity contribution in [2.75, 3.05) is 11.9 Å². The first-order valence-corrected chi connectivity index (χ1v) is 13.1. The van der Waals surface area contributed by atoms with E-state index in [9.17, 15) is 9.18 Å². The van der Waals surface area contributed by atoms with Crippen LogP contribution in [0.1, 0.15) is 78.1 Å². The molecule has 2 aromatic rings. The SMILES string of the molecule is CCC[C@H](N[C@H]1CCc2cc(F)c(Cl)cc2C1)C(=O)Nc1cn(C(NCC(C)(C)C)C(C)C)cn1. The van der Waals surface area contributed by atoms with E-state index in [0.29, 0.717) is 11.7 Å². The summed E-state index contributed by atoms with van der Waals surface area (Å²) in [6, 6.07) is 3.07. The predicted octanol–water partition coefficient (Wildman–Crippen LogP) is 5.72. The van der Waals surface area contributed by atoms with Crippen molar-refractivity contribution in [3.8, 4) is 0 Å². The molecule has 0 radical (unpaired) electrons. The molecule has 0 bridgehead atoms. The van der Waals surface area contributed by atoms with Crippen molar-refractivity contribution in [1.82, 2.24) is 20.2 Å². The first-order valence-electron chi connectivity index (χ1n) is 12.8. The zero-order chi connectivity index (χ0) is 25.8. The maximum Gasteiger partial charge on any atom is 0.242 e. The van der Waals surface area contributed by atoms with Gasteiger partial charge in [0.05, 0.1) is 23.6 Å². The number of halogens is 2. The van der Waals surface area contributed by atoms with Crippen molar-refractivity contribution >= 4 is 23.3 Å². The summed E-state index contributed by atoms with van der Waals surface area (Å²) in [4.78, 5) is 17.6. The molecule has 6 nitrogen and oxygen atoms in total. The Morgan fingerprint density at radius 2 is 2.03 bits per heavy atom. The highest BCUT2D eigenvalue weighted by Gasteiger charge is 2.26. The minimum Gasteiger partial charge on any atom is -0.319 e. The largest absolute Gasteiger partial charge is 0.319 e. The molecule has 0 aliphatic heterocycles. The fraction of sp³-hybridized carbons (Fsp3) is 0.630. The summed E-state index contributed by atoms with van der Waals surface area (Å²) in [6.07, 6.45) is 7.72. The molecule has 0 saturated carbocycles. The van der Waals surface area contributed by atoms with Crippen molar-refractivity contribution in [1.29, 1.82) is 0 Å². The lowest BCUT2D eigenvalue weighted by Crippen LogP contribution is -2.47. The van der Waals surface area contributed by atoms with Crippen LogP contribution >= 0.6 is 11.6 Å². The van der Waals surface area contributed by atoms with Crippen LogP contribution in [0.25, 0.3) is 0 Å². The molecule has 1 aromatic heterocycles. The average molecular weight is 506 g/mol. The lowest BCUT2D eigenvalue weighted by atomic mass is 9.87. The standard InChI is InChI=1S/C27H41ClFN5O/c1-7-8-23(32-20-10-9-18-13-22(29)21(28)12-19(18)11-20)26(35)33-24-14-34(16-31-24)25(17(2)3)30-15-27(4,5)6/h12-14,16-17,20,23,25,30,32H,7-11,15H2,1-6H3,(H,33,35)/t20-,23-,25?/m0/s1. The topological polar surface area (TPSA) is 71.0 Å². The van der Waals surface area contributed by atoms with Gasteiger partial charge in [-0.3, -0.25) is 10.1 Å². The number of carbonyl (C=O) groups excluding carboxylic acids is 1. The number of aromatic nitrogens is 2. The molecule has 1 aliphatic rings. The number of hydrogen-bond acceptors (Lipinski definition) is 4. The van der Waals surface area contributed by atoms with Crippen molar-refractivity contribution in [3.63, 3.8) is 0 Å². The molecule has 3 atom stereocenters. The third-order valence-electron chi connectivity index (χ3n) is 6.45. The van der Waals surface area contributed by atoms with E-state index < -0.39 is 0 Å². The van der Waals surface area contributed by atoms with Gasteiger partial charge in [0.15, 0.2) is 5.82 Å². The molecular weight excluding hydrogens is 465 g/mol. The molecule has 194 valence electrons. The molecule has 35 heavy (non-hydrogen) atoms. The number of hydrogen-bond donors (Lipinski definition) is 3. The Kier molecular flexibility index (Phi) is 9.35. The van der Waals surface area contributed by atoms with E-state index >= 15 is 0 Å². The molecule has 0 spiro atoms. The quantitative estimate of drug-likeness (QED) is 0.386. The summed E-state index contributed by atoms with van der Waals surface area (Å²) in [5.74, 6) is 0.467. The van der Waals surface area contributed by atoms with E-state index in [2.05, 4.69) is 62.5 Å². The number of benzene rings is 1. The zero-order valence-corrected chi connectivity index (χ0v) is 22.7. The molecule has 0 saturated heterocycles. The van der Waals surface area contributed by atoms with Gasteiger partial charge in [-0.25, -0.2) is 9.37 Å². The molecule has 1 aliphatic carbocycles. The van der Waals surface area contributed by atoms with Crippen molar-refractivity contribution in [2.45, 2.75) is 91.9 Å². The molecule has 8 heteroatoms. The summed E-state index contributed by atoms with van der Waals surface area (Å²) in [6.45, 7) is 13.9. The smallest absolute Gasteiger partial charge is 0.242 e. The molecule has 1 heterocycles. The van der Waals surface area contributed by atoms with Gasteiger partial charge in [0, 0.05) is 18.8 Å². The van der Waals surface area contributed by atoms with E-state index in [4.69, 9.17) is 11.6 Å². The second kappa shape index (κ2) is 11.8. The van der Waals surface area contributed by atoms with Gasteiger partial charge in [-0.2, -0.15) is 0 Å². The van der Waals surface area contributed by atoms with Crippen LogP contribution in [0.15, 0.2) is 24.7 Å². The Morgan fingerprint density at radius 1 is 1.29 bits per heavy atom. The number of anilines is 1. The summed E-state index contributed by atoms with van der Waals surface area (Å²) >= 11 is 6.00. The van der Waals surface area contributed by atoms with E-state index in [1.165, 1.54) is 0 Å². The third kappa shape index (κ3) is 7.76. The highest BCUT2D eigenvalue weighted by molar-refractivity contribution is 6.30. The highest BCUT2D eigenvalue weighted by Crippen LogP contribution is 2.27. The van der Waals surface area contributed by atoms with Crippen LogP contribution in [0.2, 0.25) is 5.02 Å². The monoisotopic (exact) mass is 505 g/mol. The van der Waals surface area contributed by atoms with Crippen LogP contribution in [-0.4, -0.2) is 34.1 Å². The van der Waals surface area contributed by atoms with E-state index in [-0.39, 0.29) is 40.4 Å². The van der Waals surface area contributed by atoms with Gasteiger partial charge >= 0.3 is 0 Å². The lowest BCUT2D eigenvalue weighted by molar-refractivity contribution is -0.118. The number of nitrogens with zero attached hydrogens (tertiary/aromatic N) is 2. The summed E-state index contributed by atoms with van der Waals surface area (Å²) in [5.41, 5.74) is 2.23. The van der Waals surface area contributed by atoms with E-state index in [0.717, 1.165) is 49.8 Å². The average Bonchev–Trinajstić information content (AvgIpc) is 3.21.